The van der Waals surface area contributed by atoms with Gasteiger partial charge in [0.15, 0.2) is 0 Å². The molecule has 5 nitrogen and oxygen atoms in total. The van der Waals surface area contributed by atoms with Crippen LogP contribution in [0.3, 0.4) is 0 Å². The lowest BCUT2D eigenvalue weighted by molar-refractivity contribution is 0.0952. The molecule has 1 aromatic rings. The van der Waals surface area contributed by atoms with Crippen molar-refractivity contribution in [3.05, 3.63) is 33.8 Å². The third-order valence-corrected chi connectivity index (χ3v) is 3.33. The summed E-state index contributed by atoms with van der Waals surface area (Å²) in [6.07, 6.45) is 1.32. The highest BCUT2D eigenvalue weighted by molar-refractivity contribution is 6.42. The van der Waals surface area contributed by atoms with E-state index in [1.54, 1.807) is 12.1 Å². The molecule has 0 unspecified atom stereocenters. The van der Waals surface area contributed by atoms with Crippen molar-refractivity contribution in [2.24, 2.45) is 0 Å². The highest BCUT2D eigenvalue weighted by atomic mass is 35.5. The summed E-state index contributed by atoms with van der Waals surface area (Å²) in [6.45, 7) is 3.00. The third kappa shape index (κ3) is 6.69. The number of rotatable bonds is 7. The van der Waals surface area contributed by atoms with Crippen molar-refractivity contribution in [3.63, 3.8) is 0 Å². The first-order valence-electron chi connectivity index (χ1n) is 6.68. The number of nitrogens with one attached hydrogen (secondary N) is 2. The molecule has 0 fully saturated rings. The topological polar surface area (TPSA) is 67.4 Å². The molecule has 0 bridgehead atoms. The van der Waals surface area contributed by atoms with Gasteiger partial charge in [-0.1, -0.05) is 36.5 Å². The standard InChI is InChI=1S/C14H18Cl2N2O3/c1-2-3-8-21-14(20)18-7-6-17-13(19)10-4-5-11(15)12(16)9-10/h4-5,9H,2-3,6-8H2,1H3,(H,17,19)(H,18,20). The number of hydrogen-bond acceptors (Lipinski definition) is 3. The lowest BCUT2D eigenvalue weighted by Crippen LogP contribution is -2.35. The van der Waals surface area contributed by atoms with Crippen molar-refractivity contribution in [3.8, 4) is 0 Å². The van der Waals surface area contributed by atoms with Gasteiger partial charge in [0.05, 0.1) is 16.7 Å². The first kappa shape index (κ1) is 17.6. The number of unbranched alkanes of at least 4 members (excludes halogenated alkanes) is 1. The molecular weight excluding hydrogens is 315 g/mol. The van der Waals surface area contributed by atoms with Crippen LogP contribution in [0.25, 0.3) is 0 Å². The Morgan fingerprint density at radius 3 is 2.52 bits per heavy atom. The second-order valence-electron chi connectivity index (χ2n) is 4.30. The van der Waals surface area contributed by atoms with E-state index in [1.165, 1.54) is 6.07 Å². The zero-order valence-corrected chi connectivity index (χ0v) is 13.3. The van der Waals surface area contributed by atoms with Gasteiger partial charge in [-0.25, -0.2) is 4.79 Å². The molecule has 0 aliphatic heterocycles. The highest BCUT2D eigenvalue weighted by Crippen LogP contribution is 2.22. The molecule has 0 aliphatic rings. The van der Waals surface area contributed by atoms with E-state index in [2.05, 4.69) is 10.6 Å². The van der Waals surface area contributed by atoms with E-state index in [9.17, 15) is 9.59 Å². The lowest BCUT2D eigenvalue weighted by atomic mass is 10.2. The van der Waals surface area contributed by atoms with Crippen LogP contribution in [-0.2, 0) is 4.74 Å². The van der Waals surface area contributed by atoms with Gasteiger partial charge in [0.1, 0.15) is 0 Å². The number of carbonyl (C=O) groups is 2. The van der Waals surface area contributed by atoms with Crippen molar-refractivity contribution < 1.29 is 14.3 Å². The van der Waals surface area contributed by atoms with Crippen molar-refractivity contribution >= 4 is 35.2 Å². The van der Waals surface area contributed by atoms with E-state index in [0.29, 0.717) is 28.8 Å². The molecule has 0 radical (unpaired) electrons. The highest BCUT2D eigenvalue weighted by Gasteiger charge is 2.07. The SMILES string of the molecule is CCCCOC(=O)NCCNC(=O)c1ccc(Cl)c(Cl)c1. The summed E-state index contributed by atoms with van der Waals surface area (Å²) in [5, 5.41) is 5.92. The number of alkyl carbamates (subject to hydrolysis) is 1. The van der Waals surface area contributed by atoms with E-state index >= 15 is 0 Å². The van der Waals surface area contributed by atoms with Gasteiger partial charge < -0.3 is 15.4 Å². The van der Waals surface area contributed by atoms with Crippen LogP contribution >= 0.6 is 23.2 Å². The van der Waals surface area contributed by atoms with Gasteiger partial charge in [0, 0.05) is 18.7 Å². The van der Waals surface area contributed by atoms with Gasteiger partial charge in [-0.3, -0.25) is 4.79 Å². The number of hydrogen-bond donors (Lipinski definition) is 2. The van der Waals surface area contributed by atoms with E-state index in [4.69, 9.17) is 27.9 Å². The smallest absolute Gasteiger partial charge is 0.407 e. The maximum absolute atomic E-state index is 11.8. The molecule has 0 atom stereocenters. The van der Waals surface area contributed by atoms with E-state index in [0.717, 1.165) is 12.8 Å². The van der Waals surface area contributed by atoms with Gasteiger partial charge in [-0.15, -0.1) is 0 Å². The van der Waals surface area contributed by atoms with Gasteiger partial charge in [-0.05, 0) is 24.6 Å². The molecule has 7 heteroatoms. The molecule has 1 rings (SSSR count). The van der Waals surface area contributed by atoms with Crippen LogP contribution in [0.1, 0.15) is 30.1 Å². The molecule has 21 heavy (non-hydrogen) atoms. The third-order valence-electron chi connectivity index (χ3n) is 2.59. The van der Waals surface area contributed by atoms with Crippen molar-refractivity contribution in [1.29, 1.82) is 0 Å². The van der Waals surface area contributed by atoms with Crippen LogP contribution in [0.2, 0.25) is 10.0 Å². The first-order valence-corrected chi connectivity index (χ1v) is 7.44. The monoisotopic (exact) mass is 332 g/mol. The molecule has 1 aromatic carbocycles. The van der Waals surface area contributed by atoms with Crippen LogP contribution in [0.4, 0.5) is 4.79 Å². The van der Waals surface area contributed by atoms with E-state index in [1.807, 2.05) is 6.92 Å². The number of ether oxygens (including phenoxy) is 1. The minimum Gasteiger partial charge on any atom is -0.450 e. The zero-order valence-electron chi connectivity index (χ0n) is 11.7. The second-order valence-corrected chi connectivity index (χ2v) is 5.12. The Balaban J connectivity index is 2.24. The second kappa shape index (κ2) is 9.47. The lowest BCUT2D eigenvalue weighted by Gasteiger charge is -2.08. The largest absolute Gasteiger partial charge is 0.450 e. The molecule has 2 amide bonds. The summed E-state index contributed by atoms with van der Waals surface area (Å²) < 4.78 is 4.91. The Bertz CT molecular complexity index is 495. The maximum atomic E-state index is 11.8. The fourth-order valence-electron chi connectivity index (χ4n) is 1.44. The summed E-state index contributed by atoms with van der Waals surface area (Å²) in [7, 11) is 0. The van der Waals surface area contributed by atoms with Crippen molar-refractivity contribution in [2.75, 3.05) is 19.7 Å². The minimum absolute atomic E-state index is 0.283. The number of halogens is 2. The molecule has 0 spiro atoms. The predicted octanol–water partition coefficient (Wildman–Crippen LogP) is 3.25. The zero-order chi connectivity index (χ0) is 15.7. The Morgan fingerprint density at radius 1 is 1.14 bits per heavy atom. The molecule has 0 aromatic heterocycles. The summed E-state index contributed by atoms with van der Waals surface area (Å²) >= 11 is 11.6. The van der Waals surface area contributed by atoms with Crippen LogP contribution < -0.4 is 10.6 Å². The van der Waals surface area contributed by atoms with Crippen LogP contribution in [0.15, 0.2) is 18.2 Å². The quantitative estimate of drug-likeness (QED) is 0.753. The number of carbonyl (C=O) groups excluding carboxylic acids is 2. The fourth-order valence-corrected chi connectivity index (χ4v) is 1.74. The van der Waals surface area contributed by atoms with Gasteiger partial charge in [0.2, 0.25) is 0 Å². The summed E-state index contributed by atoms with van der Waals surface area (Å²) in [5.41, 5.74) is 0.412. The summed E-state index contributed by atoms with van der Waals surface area (Å²) in [6, 6.07) is 4.63. The Kier molecular flexibility index (Phi) is 7.93. The van der Waals surface area contributed by atoms with E-state index < -0.39 is 6.09 Å². The molecule has 0 saturated heterocycles. The predicted molar refractivity (Wildman–Crippen MR) is 83.1 cm³/mol. The molecule has 0 saturated carbocycles. The molecule has 2 N–H and O–H groups in total. The normalized spacial score (nSPS) is 10.0. The minimum atomic E-state index is -0.479. The van der Waals surface area contributed by atoms with Gasteiger partial charge in [0.25, 0.3) is 5.91 Å². The van der Waals surface area contributed by atoms with Crippen LogP contribution in [0, 0.1) is 0 Å². The van der Waals surface area contributed by atoms with Gasteiger partial charge >= 0.3 is 6.09 Å². The Hall–Kier alpha value is -1.46. The summed E-state index contributed by atoms with van der Waals surface area (Å²) in [5.74, 6) is -0.283. The molecule has 0 aliphatic carbocycles. The van der Waals surface area contributed by atoms with Crippen LogP contribution in [0.5, 0.6) is 0 Å². The fraction of sp³-hybridized carbons (Fsp3) is 0.429. The average Bonchev–Trinajstić information content (AvgIpc) is 2.46. The van der Waals surface area contributed by atoms with Gasteiger partial charge in [-0.2, -0.15) is 0 Å². The number of amides is 2. The van der Waals surface area contributed by atoms with Crippen molar-refractivity contribution in [2.45, 2.75) is 19.8 Å². The molecule has 0 heterocycles. The van der Waals surface area contributed by atoms with E-state index in [-0.39, 0.29) is 12.5 Å². The van der Waals surface area contributed by atoms with Crippen LogP contribution in [-0.4, -0.2) is 31.7 Å². The molecule has 116 valence electrons. The Morgan fingerprint density at radius 2 is 1.86 bits per heavy atom. The average molecular weight is 333 g/mol. The first-order chi connectivity index (χ1) is 10.0. The Labute approximate surface area is 133 Å². The maximum Gasteiger partial charge on any atom is 0.407 e. The molecular formula is C14H18Cl2N2O3. The summed E-state index contributed by atoms with van der Waals surface area (Å²) in [4.78, 5) is 23.0. The number of benzene rings is 1. The van der Waals surface area contributed by atoms with Crippen molar-refractivity contribution in [1.82, 2.24) is 10.6 Å².